The highest BCUT2D eigenvalue weighted by atomic mass is 35.5. The fraction of sp³-hybridized carbons (Fsp3) is 0.176. The second-order valence-electron chi connectivity index (χ2n) is 4.94. The lowest BCUT2D eigenvalue weighted by Crippen LogP contribution is -2.36. The lowest BCUT2D eigenvalue weighted by atomic mass is 10.1. The molecule has 0 fully saturated rings. The summed E-state index contributed by atoms with van der Waals surface area (Å²) in [4.78, 5) is 24.7. The zero-order valence-corrected chi connectivity index (χ0v) is 13.2. The quantitative estimate of drug-likeness (QED) is 0.905. The van der Waals surface area contributed by atoms with Crippen LogP contribution in [0.15, 0.2) is 54.6 Å². The van der Waals surface area contributed by atoms with Gasteiger partial charge in [-0.15, -0.1) is 0 Å². The Bertz CT molecular complexity index is 673. The van der Waals surface area contributed by atoms with Crippen molar-refractivity contribution in [2.75, 3.05) is 7.05 Å². The number of carboxylic acid groups (broad SMARTS) is 1. The number of aliphatic carboxylic acids is 1. The number of ether oxygens (including phenoxy) is 1. The number of hydrogen-bond donors (Lipinski definition) is 1. The molecule has 1 atom stereocenters. The molecule has 0 saturated carbocycles. The van der Waals surface area contributed by atoms with Crippen molar-refractivity contribution < 1.29 is 19.4 Å². The van der Waals surface area contributed by atoms with E-state index >= 15 is 0 Å². The van der Waals surface area contributed by atoms with E-state index in [0.717, 1.165) is 10.5 Å². The minimum absolute atomic E-state index is 0.0803. The molecule has 0 aromatic heterocycles. The van der Waals surface area contributed by atoms with E-state index in [2.05, 4.69) is 0 Å². The summed E-state index contributed by atoms with van der Waals surface area (Å²) in [6.45, 7) is 0.0803. The van der Waals surface area contributed by atoms with Gasteiger partial charge in [0.15, 0.2) is 6.04 Å². The molecule has 2 aromatic rings. The third-order valence-electron chi connectivity index (χ3n) is 3.30. The Morgan fingerprint density at radius 3 is 2.30 bits per heavy atom. The van der Waals surface area contributed by atoms with Gasteiger partial charge in [-0.25, -0.2) is 9.59 Å². The van der Waals surface area contributed by atoms with Gasteiger partial charge in [-0.05, 0) is 23.3 Å². The molecule has 0 radical (unpaired) electrons. The summed E-state index contributed by atoms with van der Waals surface area (Å²) in [6.07, 6.45) is -0.712. The van der Waals surface area contributed by atoms with Crippen molar-refractivity contribution in [3.8, 4) is 0 Å². The number of carboxylic acids is 1. The van der Waals surface area contributed by atoms with Gasteiger partial charge in [0.05, 0.1) is 0 Å². The average Bonchev–Trinajstić information content (AvgIpc) is 2.55. The molecule has 1 amide bonds. The molecule has 0 saturated heterocycles. The SMILES string of the molecule is CN(C(=O)OCc1ccccc1)[C@H](C(=O)O)c1ccc(Cl)cc1. The van der Waals surface area contributed by atoms with Crippen molar-refractivity contribution in [1.82, 2.24) is 4.90 Å². The summed E-state index contributed by atoms with van der Waals surface area (Å²) in [5.41, 5.74) is 1.27. The van der Waals surface area contributed by atoms with Gasteiger partial charge in [-0.2, -0.15) is 0 Å². The summed E-state index contributed by atoms with van der Waals surface area (Å²) in [5, 5.41) is 9.91. The Kier molecular flexibility index (Phi) is 5.60. The van der Waals surface area contributed by atoms with E-state index in [-0.39, 0.29) is 6.61 Å². The van der Waals surface area contributed by atoms with Crippen molar-refractivity contribution in [2.24, 2.45) is 0 Å². The van der Waals surface area contributed by atoms with Crippen LogP contribution in [0.5, 0.6) is 0 Å². The summed E-state index contributed by atoms with van der Waals surface area (Å²) in [5.74, 6) is -1.15. The molecular weight excluding hydrogens is 318 g/mol. The maximum Gasteiger partial charge on any atom is 0.410 e. The molecule has 120 valence electrons. The van der Waals surface area contributed by atoms with Crippen LogP contribution in [0, 0.1) is 0 Å². The highest BCUT2D eigenvalue weighted by Gasteiger charge is 2.29. The maximum absolute atomic E-state index is 12.1. The monoisotopic (exact) mass is 333 g/mol. The first-order valence-corrected chi connectivity index (χ1v) is 7.28. The molecule has 0 aliphatic rings. The van der Waals surface area contributed by atoms with Gasteiger partial charge in [-0.3, -0.25) is 4.90 Å². The predicted octanol–water partition coefficient (Wildman–Crippen LogP) is 3.73. The molecular formula is C17H16ClNO4. The molecule has 0 aliphatic heterocycles. The number of amides is 1. The van der Waals surface area contributed by atoms with E-state index in [1.807, 2.05) is 30.3 Å². The summed E-state index contributed by atoms with van der Waals surface area (Å²) in [6, 6.07) is 14.3. The van der Waals surface area contributed by atoms with Crippen LogP contribution in [0.1, 0.15) is 17.2 Å². The van der Waals surface area contributed by atoms with Crippen LogP contribution in [0.4, 0.5) is 4.79 Å². The Balaban J connectivity index is 2.08. The summed E-state index contributed by atoms with van der Waals surface area (Å²) < 4.78 is 5.16. The van der Waals surface area contributed by atoms with E-state index in [1.165, 1.54) is 7.05 Å². The van der Waals surface area contributed by atoms with Gasteiger partial charge in [0, 0.05) is 12.1 Å². The molecule has 2 rings (SSSR count). The Hall–Kier alpha value is -2.53. The van der Waals surface area contributed by atoms with Gasteiger partial charge < -0.3 is 9.84 Å². The Labute approximate surface area is 139 Å². The second kappa shape index (κ2) is 7.65. The van der Waals surface area contributed by atoms with E-state index < -0.39 is 18.1 Å². The number of carbonyl (C=O) groups is 2. The number of nitrogens with zero attached hydrogens (tertiary/aromatic N) is 1. The third-order valence-corrected chi connectivity index (χ3v) is 3.55. The first-order valence-electron chi connectivity index (χ1n) is 6.91. The van der Waals surface area contributed by atoms with Crippen LogP contribution < -0.4 is 0 Å². The van der Waals surface area contributed by atoms with Gasteiger partial charge in [0.25, 0.3) is 0 Å². The maximum atomic E-state index is 12.1. The van der Waals surface area contributed by atoms with Gasteiger partial charge in [-0.1, -0.05) is 54.1 Å². The molecule has 0 heterocycles. The lowest BCUT2D eigenvalue weighted by molar-refractivity contribution is -0.142. The Morgan fingerprint density at radius 1 is 1.13 bits per heavy atom. The molecule has 2 aromatic carbocycles. The smallest absolute Gasteiger partial charge is 0.410 e. The summed E-state index contributed by atoms with van der Waals surface area (Å²) >= 11 is 5.80. The molecule has 23 heavy (non-hydrogen) atoms. The number of halogens is 1. The van der Waals surface area contributed by atoms with Crippen molar-refractivity contribution in [3.63, 3.8) is 0 Å². The first kappa shape index (κ1) is 16.8. The number of likely N-dealkylation sites (N-methyl/N-ethyl adjacent to an activating group) is 1. The number of benzene rings is 2. The standard InChI is InChI=1S/C17H16ClNO4/c1-19(17(22)23-11-12-5-3-2-4-6-12)15(16(20)21)13-7-9-14(18)10-8-13/h2-10,15H,11H2,1H3,(H,20,21)/t15-/m0/s1. The first-order chi connectivity index (χ1) is 11.0. The van der Waals surface area contributed by atoms with Gasteiger partial charge in [0.2, 0.25) is 0 Å². The topological polar surface area (TPSA) is 66.8 Å². The largest absolute Gasteiger partial charge is 0.479 e. The minimum atomic E-state index is -1.15. The molecule has 0 bridgehead atoms. The fourth-order valence-electron chi connectivity index (χ4n) is 2.10. The number of hydrogen-bond acceptors (Lipinski definition) is 3. The van der Waals surface area contributed by atoms with Crippen molar-refractivity contribution in [3.05, 3.63) is 70.7 Å². The third kappa shape index (κ3) is 4.47. The minimum Gasteiger partial charge on any atom is -0.479 e. The van der Waals surface area contributed by atoms with Crippen LogP contribution >= 0.6 is 11.6 Å². The second-order valence-corrected chi connectivity index (χ2v) is 5.38. The molecule has 0 unspecified atom stereocenters. The van der Waals surface area contributed by atoms with E-state index in [4.69, 9.17) is 16.3 Å². The molecule has 0 spiro atoms. The van der Waals surface area contributed by atoms with Crippen LogP contribution in [0.3, 0.4) is 0 Å². The van der Waals surface area contributed by atoms with E-state index in [9.17, 15) is 14.7 Å². The van der Waals surface area contributed by atoms with Crippen molar-refractivity contribution >= 4 is 23.7 Å². The molecule has 0 aliphatic carbocycles. The van der Waals surface area contributed by atoms with E-state index in [0.29, 0.717) is 10.6 Å². The van der Waals surface area contributed by atoms with Crippen LogP contribution in [0.2, 0.25) is 5.02 Å². The lowest BCUT2D eigenvalue weighted by Gasteiger charge is -2.24. The van der Waals surface area contributed by atoms with Gasteiger partial charge >= 0.3 is 12.1 Å². The summed E-state index contributed by atoms with van der Waals surface area (Å²) in [7, 11) is 1.39. The van der Waals surface area contributed by atoms with Crippen molar-refractivity contribution in [2.45, 2.75) is 12.6 Å². The average molecular weight is 334 g/mol. The van der Waals surface area contributed by atoms with Crippen LogP contribution in [-0.2, 0) is 16.1 Å². The van der Waals surface area contributed by atoms with Crippen molar-refractivity contribution in [1.29, 1.82) is 0 Å². The highest BCUT2D eigenvalue weighted by molar-refractivity contribution is 6.30. The zero-order chi connectivity index (χ0) is 16.8. The van der Waals surface area contributed by atoms with E-state index in [1.54, 1.807) is 24.3 Å². The zero-order valence-electron chi connectivity index (χ0n) is 12.5. The normalized spacial score (nSPS) is 11.6. The highest BCUT2D eigenvalue weighted by Crippen LogP contribution is 2.22. The van der Waals surface area contributed by atoms with Crippen LogP contribution in [0.25, 0.3) is 0 Å². The predicted molar refractivity (Wildman–Crippen MR) is 86.2 cm³/mol. The molecule has 5 nitrogen and oxygen atoms in total. The number of rotatable bonds is 5. The Morgan fingerprint density at radius 2 is 1.74 bits per heavy atom. The molecule has 1 N–H and O–H groups in total. The molecule has 6 heteroatoms. The fourth-order valence-corrected chi connectivity index (χ4v) is 2.23. The van der Waals surface area contributed by atoms with Gasteiger partial charge in [0.1, 0.15) is 6.61 Å². The number of carbonyl (C=O) groups excluding carboxylic acids is 1. The van der Waals surface area contributed by atoms with Crippen LogP contribution in [-0.4, -0.2) is 29.1 Å².